The maximum atomic E-state index is 12.1. The molecular formula is C15H20N4O3S. The average molecular weight is 336 g/mol. The number of imidazole rings is 1. The molecule has 0 saturated carbocycles. The lowest BCUT2D eigenvalue weighted by molar-refractivity contribution is -0.0276. The summed E-state index contributed by atoms with van der Waals surface area (Å²) < 4.78 is 32.3. The van der Waals surface area contributed by atoms with E-state index in [-0.39, 0.29) is 17.7 Å². The third-order valence-corrected chi connectivity index (χ3v) is 5.08. The minimum absolute atomic E-state index is 0.0643. The molecule has 1 atom stereocenters. The number of nitrogens with one attached hydrogen (secondary N) is 2. The van der Waals surface area contributed by atoms with Crippen LogP contribution in [0.25, 0.3) is 0 Å². The minimum Gasteiger partial charge on any atom is -0.374 e. The maximum absolute atomic E-state index is 12.1. The molecule has 3 rings (SSSR count). The highest BCUT2D eigenvalue weighted by Crippen LogP contribution is 2.11. The minimum atomic E-state index is -3.56. The summed E-state index contributed by atoms with van der Waals surface area (Å²) in [5.74, 6) is 0. The summed E-state index contributed by atoms with van der Waals surface area (Å²) in [6.45, 7) is 3.23. The Morgan fingerprint density at radius 2 is 2.17 bits per heavy atom. The van der Waals surface area contributed by atoms with E-state index in [0.29, 0.717) is 13.2 Å². The number of benzene rings is 1. The summed E-state index contributed by atoms with van der Waals surface area (Å²) in [6.07, 6.45) is 2.46. The molecule has 124 valence electrons. The van der Waals surface area contributed by atoms with Gasteiger partial charge < -0.3 is 9.72 Å². The number of hydrogen-bond acceptors (Lipinski definition) is 5. The van der Waals surface area contributed by atoms with Crippen molar-refractivity contribution in [1.82, 2.24) is 19.6 Å². The third-order valence-electron chi connectivity index (χ3n) is 3.74. The highest BCUT2D eigenvalue weighted by Gasteiger charge is 2.23. The van der Waals surface area contributed by atoms with Gasteiger partial charge in [0.2, 0.25) is 0 Å². The van der Waals surface area contributed by atoms with Gasteiger partial charge in [0.25, 0.3) is 10.0 Å². The van der Waals surface area contributed by atoms with E-state index in [2.05, 4.69) is 31.7 Å². The molecule has 2 heterocycles. The van der Waals surface area contributed by atoms with Crippen LogP contribution >= 0.6 is 0 Å². The first-order valence-corrected chi connectivity index (χ1v) is 8.98. The van der Waals surface area contributed by atoms with Gasteiger partial charge >= 0.3 is 0 Å². The second-order valence-corrected chi connectivity index (χ2v) is 7.22. The van der Waals surface area contributed by atoms with E-state index >= 15 is 0 Å². The molecular weight excluding hydrogens is 316 g/mol. The molecule has 0 radical (unpaired) electrons. The molecule has 1 aromatic heterocycles. The second kappa shape index (κ2) is 7.22. The van der Waals surface area contributed by atoms with Crippen LogP contribution in [0.3, 0.4) is 0 Å². The molecule has 1 fully saturated rings. The van der Waals surface area contributed by atoms with Crippen molar-refractivity contribution in [3.63, 3.8) is 0 Å². The summed E-state index contributed by atoms with van der Waals surface area (Å²) in [5, 5.41) is 0.0643. The van der Waals surface area contributed by atoms with Gasteiger partial charge in [0.05, 0.1) is 25.2 Å². The van der Waals surface area contributed by atoms with Gasteiger partial charge in [-0.15, -0.1) is 0 Å². The van der Waals surface area contributed by atoms with Crippen molar-refractivity contribution in [2.24, 2.45) is 0 Å². The molecule has 0 amide bonds. The van der Waals surface area contributed by atoms with Crippen molar-refractivity contribution in [2.75, 3.05) is 26.2 Å². The van der Waals surface area contributed by atoms with Gasteiger partial charge in [0.1, 0.15) is 0 Å². The van der Waals surface area contributed by atoms with E-state index < -0.39 is 10.0 Å². The number of rotatable bonds is 6. The van der Waals surface area contributed by atoms with Crippen LogP contribution in [0.15, 0.2) is 47.9 Å². The van der Waals surface area contributed by atoms with Crippen LogP contribution in [0.4, 0.5) is 0 Å². The van der Waals surface area contributed by atoms with Crippen LogP contribution in [0.5, 0.6) is 0 Å². The van der Waals surface area contributed by atoms with E-state index in [1.807, 2.05) is 18.2 Å². The molecule has 1 aromatic carbocycles. The zero-order valence-corrected chi connectivity index (χ0v) is 13.5. The first-order chi connectivity index (χ1) is 11.1. The van der Waals surface area contributed by atoms with Gasteiger partial charge in [-0.1, -0.05) is 30.3 Å². The van der Waals surface area contributed by atoms with E-state index in [0.717, 1.165) is 13.1 Å². The van der Waals surface area contributed by atoms with Gasteiger partial charge in [-0.2, -0.15) is 0 Å². The Labute approximate surface area is 135 Å². The maximum Gasteiger partial charge on any atom is 0.257 e. The lowest BCUT2D eigenvalue weighted by Crippen LogP contribution is -2.47. The zero-order valence-electron chi connectivity index (χ0n) is 12.7. The number of aromatic amines is 1. The first-order valence-electron chi connectivity index (χ1n) is 7.49. The fourth-order valence-corrected chi connectivity index (χ4v) is 3.53. The number of H-pyrrole nitrogens is 1. The van der Waals surface area contributed by atoms with Gasteiger partial charge in [0, 0.05) is 26.2 Å². The Hall–Kier alpha value is -1.74. The topological polar surface area (TPSA) is 87.3 Å². The quantitative estimate of drug-likeness (QED) is 0.806. The lowest BCUT2D eigenvalue weighted by atomic mass is 10.2. The van der Waals surface area contributed by atoms with Crippen molar-refractivity contribution < 1.29 is 13.2 Å². The van der Waals surface area contributed by atoms with E-state index in [1.165, 1.54) is 18.1 Å². The molecule has 8 heteroatoms. The Kier molecular flexibility index (Phi) is 5.06. The SMILES string of the molecule is O=S(=O)(NCC1CN(Cc2ccccc2)CCO1)c1cnc[nH]1. The Morgan fingerprint density at radius 3 is 2.91 bits per heavy atom. The van der Waals surface area contributed by atoms with Gasteiger partial charge in [-0.25, -0.2) is 18.1 Å². The van der Waals surface area contributed by atoms with Crippen molar-refractivity contribution in [3.8, 4) is 0 Å². The average Bonchev–Trinajstić information content (AvgIpc) is 3.10. The standard InChI is InChI=1S/C15H20N4O3S/c20-23(21,15-9-16-12-17-15)18-8-14-11-19(6-7-22-14)10-13-4-2-1-3-5-13/h1-5,9,12,14,18H,6-8,10-11H2,(H,16,17). The smallest absolute Gasteiger partial charge is 0.257 e. The summed E-state index contributed by atoms with van der Waals surface area (Å²) in [6, 6.07) is 10.2. The number of sulfonamides is 1. The van der Waals surface area contributed by atoms with E-state index in [9.17, 15) is 8.42 Å². The molecule has 1 saturated heterocycles. The molecule has 1 aliphatic rings. The summed E-state index contributed by atoms with van der Waals surface area (Å²) in [4.78, 5) is 8.59. The molecule has 1 unspecified atom stereocenters. The van der Waals surface area contributed by atoms with Crippen molar-refractivity contribution in [3.05, 3.63) is 48.4 Å². The summed E-state index contributed by atoms with van der Waals surface area (Å²) >= 11 is 0. The number of hydrogen-bond donors (Lipinski definition) is 2. The number of nitrogens with zero attached hydrogens (tertiary/aromatic N) is 2. The van der Waals surface area contributed by atoms with Crippen LogP contribution < -0.4 is 4.72 Å². The predicted molar refractivity (Wildman–Crippen MR) is 85.2 cm³/mol. The molecule has 7 nitrogen and oxygen atoms in total. The Morgan fingerprint density at radius 1 is 1.35 bits per heavy atom. The van der Waals surface area contributed by atoms with Crippen molar-refractivity contribution >= 4 is 10.0 Å². The van der Waals surface area contributed by atoms with Crippen LogP contribution in [0.1, 0.15) is 5.56 Å². The Bertz CT molecular complexity index is 704. The lowest BCUT2D eigenvalue weighted by Gasteiger charge is -2.33. The van der Waals surface area contributed by atoms with Gasteiger partial charge in [0.15, 0.2) is 5.03 Å². The molecule has 23 heavy (non-hydrogen) atoms. The fraction of sp³-hybridized carbons (Fsp3) is 0.400. The molecule has 0 bridgehead atoms. The second-order valence-electron chi connectivity index (χ2n) is 5.48. The number of ether oxygens (including phenoxy) is 1. The van der Waals surface area contributed by atoms with Crippen LogP contribution in [-0.2, 0) is 21.3 Å². The number of aromatic nitrogens is 2. The largest absolute Gasteiger partial charge is 0.374 e. The predicted octanol–water partition coefficient (Wildman–Crippen LogP) is 0.589. The van der Waals surface area contributed by atoms with Crippen LogP contribution in [0, 0.1) is 0 Å². The summed E-state index contributed by atoms with van der Waals surface area (Å²) in [5.41, 5.74) is 1.24. The monoisotopic (exact) mass is 336 g/mol. The highest BCUT2D eigenvalue weighted by atomic mass is 32.2. The molecule has 2 N–H and O–H groups in total. The van der Waals surface area contributed by atoms with Crippen molar-refractivity contribution in [1.29, 1.82) is 0 Å². The Balaban J connectivity index is 1.53. The van der Waals surface area contributed by atoms with Gasteiger partial charge in [-0.05, 0) is 5.56 Å². The van der Waals surface area contributed by atoms with Crippen LogP contribution in [-0.4, -0.2) is 55.6 Å². The van der Waals surface area contributed by atoms with Gasteiger partial charge in [-0.3, -0.25) is 4.90 Å². The molecule has 0 spiro atoms. The fourth-order valence-electron chi connectivity index (χ4n) is 2.56. The molecule has 2 aromatic rings. The van der Waals surface area contributed by atoms with Crippen LogP contribution in [0.2, 0.25) is 0 Å². The zero-order chi connectivity index (χ0) is 16.1. The number of morpholine rings is 1. The highest BCUT2D eigenvalue weighted by molar-refractivity contribution is 7.89. The van der Waals surface area contributed by atoms with E-state index in [4.69, 9.17) is 4.74 Å². The van der Waals surface area contributed by atoms with Crippen molar-refractivity contribution in [2.45, 2.75) is 17.7 Å². The molecule has 1 aliphatic heterocycles. The summed E-state index contributed by atoms with van der Waals surface area (Å²) in [7, 11) is -3.56. The molecule has 0 aliphatic carbocycles. The van der Waals surface area contributed by atoms with E-state index in [1.54, 1.807) is 0 Å². The normalized spacial score (nSPS) is 19.7. The third kappa shape index (κ3) is 4.38. The first kappa shape index (κ1) is 16.1.